The van der Waals surface area contributed by atoms with Crippen LogP contribution in [0.1, 0.15) is 10.4 Å². The predicted octanol–water partition coefficient (Wildman–Crippen LogP) is 4.21. The van der Waals surface area contributed by atoms with Crippen LogP contribution in [0, 0.1) is 29.1 Å². The zero-order valence-electron chi connectivity index (χ0n) is 16.9. The number of carbonyl (C=O) groups excluding carboxylic acids is 1. The third-order valence-corrected chi connectivity index (χ3v) is 16.4. The first-order valence-corrected chi connectivity index (χ1v) is 15.2. The normalized spacial score (nSPS) is 11.3. The van der Waals surface area contributed by atoms with Crippen LogP contribution in [0.4, 0.5) is 22.0 Å². The van der Waals surface area contributed by atoms with Crippen molar-refractivity contribution in [3.05, 3.63) is 126 Å². The Hall–Kier alpha value is -3.20. The fourth-order valence-corrected chi connectivity index (χ4v) is 14.3. The van der Waals surface area contributed by atoms with Gasteiger partial charge in [-0.1, -0.05) is 0 Å². The molecule has 0 saturated carbocycles. The van der Waals surface area contributed by atoms with Crippen LogP contribution in [0.25, 0.3) is 0 Å². The van der Waals surface area contributed by atoms with E-state index in [1.54, 1.807) is 91.0 Å². The summed E-state index contributed by atoms with van der Waals surface area (Å²) in [5.74, 6) is -12.8. The fourth-order valence-electron chi connectivity index (χ4n) is 3.67. The molecule has 0 aliphatic rings. The molecule has 0 saturated heterocycles. The van der Waals surface area contributed by atoms with Crippen molar-refractivity contribution in [3.63, 3.8) is 0 Å². The molecule has 0 radical (unpaired) electrons. The molecule has 0 aromatic heterocycles. The van der Waals surface area contributed by atoms with E-state index in [-0.39, 0.29) is 0 Å². The summed E-state index contributed by atoms with van der Waals surface area (Å²) in [5.41, 5.74) is -1.62. The van der Waals surface area contributed by atoms with Gasteiger partial charge < -0.3 is 0 Å². The number of hydrogen-bond acceptors (Lipinski definition) is 2. The molecule has 0 N–H and O–H groups in total. The van der Waals surface area contributed by atoms with E-state index >= 15 is 0 Å². The van der Waals surface area contributed by atoms with E-state index in [1.165, 1.54) is 0 Å². The molecule has 0 aliphatic heterocycles. The van der Waals surface area contributed by atoms with E-state index in [0.717, 1.165) is 0 Å². The summed E-state index contributed by atoms with van der Waals surface area (Å²) in [6, 6.07) is 25.9. The van der Waals surface area contributed by atoms with Gasteiger partial charge in [0.05, 0.1) is 0 Å². The Balaban J connectivity index is 1.99. The van der Waals surface area contributed by atoms with Crippen molar-refractivity contribution in [2.24, 2.45) is 0 Å². The van der Waals surface area contributed by atoms with Gasteiger partial charge in [-0.05, 0) is 0 Å². The number of hydrogen-bond donors (Lipinski definition) is 0. The number of halogens is 5. The van der Waals surface area contributed by atoms with Gasteiger partial charge in [-0.15, -0.1) is 0 Å². The minimum atomic E-state index is -4.83. The van der Waals surface area contributed by atoms with Gasteiger partial charge in [0.15, 0.2) is 0 Å². The van der Waals surface area contributed by atoms with E-state index < -0.39 is 59.4 Å². The van der Waals surface area contributed by atoms with Crippen molar-refractivity contribution in [2.75, 3.05) is 0 Å². The zero-order chi connectivity index (χ0) is 23.6. The van der Waals surface area contributed by atoms with Gasteiger partial charge in [-0.2, -0.15) is 0 Å². The summed E-state index contributed by atoms with van der Waals surface area (Å²) in [5, 5.41) is 0. The summed E-state index contributed by atoms with van der Waals surface area (Å²) in [4.78, 5) is 13.1. The molecule has 33 heavy (non-hydrogen) atoms. The van der Waals surface area contributed by atoms with Gasteiger partial charge in [0.1, 0.15) is 0 Å². The van der Waals surface area contributed by atoms with Crippen LogP contribution >= 0.6 is 0 Å². The van der Waals surface area contributed by atoms with Crippen LogP contribution in [0.5, 0.6) is 0 Å². The van der Waals surface area contributed by atoms with Gasteiger partial charge in [0.25, 0.3) is 0 Å². The molecular weight excluding hydrogens is 546 g/mol. The maximum atomic E-state index is 14.4. The average Bonchev–Trinajstić information content (AvgIpc) is 2.86. The third-order valence-electron chi connectivity index (χ3n) is 5.20. The Morgan fingerprint density at radius 3 is 1.15 bits per heavy atom. The van der Waals surface area contributed by atoms with Gasteiger partial charge in [0, 0.05) is 0 Å². The molecular formula is C25H15F5O2Sn. The van der Waals surface area contributed by atoms with Gasteiger partial charge >= 0.3 is 191 Å². The summed E-state index contributed by atoms with van der Waals surface area (Å²) in [6.45, 7) is 0. The maximum absolute atomic E-state index is 14.4. The SMILES string of the molecule is O=C([O][Sn]([c]1ccccc1)([c]1ccccc1)[c]1ccccc1)c1c(F)c(F)c(F)c(F)c1F. The molecule has 0 amide bonds. The summed E-state index contributed by atoms with van der Waals surface area (Å²) in [7, 11) is 0. The van der Waals surface area contributed by atoms with Crippen molar-refractivity contribution in [3.8, 4) is 0 Å². The van der Waals surface area contributed by atoms with Crippen molar-refractivity contribution in [1.82, 2.24) is 0 Å². The van der Waals surface area contributed by atoms with Crippen LogP contribution in [0.3, 0.4) is 0 Å². The molecule has 166 valence electrons. The standard InChI is InChI=1S/C7HF5O2.3C6H5.Sn/c8-2-1(7(13)14)3(9)5(11)6(12)4(2)10;3*1-2-4-6-5-3-1;/h(H,13,14);3*1-5H;/q;;;;+1/p-1. The fraction of sp³-hybridized carbons (Fsp3) is 0. The van der Waals surface area contributed by atoms with E-state index in [2.05, 4.69) is 0 Å². The molecule has 4 aromatic rings. The van der Waals surface area contributed by atoms with Crippen molar-refractivity contribution < 1.29 is 29.8 Å². The molecule has 0 atom stereocenters. The minimum absolute atomic E-state index is 0.612. The van der Waals surface area contributed by atoms with E-state index in [1.807, 2.05) is 0 Å². The zero-order valence-corrected chi connectivity index (χ0v) is 19.7. The van der Waals surface area contributed by atoms with Gasteiger partial charge in [-0.25, -0.2) is 0 Å². The van der Waals surface area contributed by atoms with Crippen LogP contribution in [-0.4, -0.2) is 24.8 Å². The molecule has 0 fully saturated rings. The van der Waals surface area contributed by atoms with Crippen LogP contribution in [-0.2, 0) is 3.07 Å². The first kappa shape index (κ1) is 23.0. The Kier molecular flexibility index (Phi) is 6.51. The molecule has 0 bridgehead atoms. The molecule has 8 heteroatoms. The second kappa shape index (κ2) is 9.35. The van der Waals surface area contributed by atoms with E-state index in [0.29, 0.717) is 10.7 Å². The van der Waals surface area contributed by atoms with Gasteiger partial charge in [-0.3, -0.25) is 0 Å². The average molecular weight is 561 g/mol. The Bertz CT molecular complexity index is 1170. The molecule has 4 aromatic carbocycles. The monoisotopic (exact) mass is 562 g/mol. The van der Waals surface area contributed by atoms with Crippen LogP contribution in [0.2, 0.25) is 0 Å². The number of carbonyl (C=O) groups is 1. The first-order valence-electron chi connectivity index (χ1n) is 9.79. The predicted molar refractivity (Wildman–Crippen MR) is 116 cm³/mol. The summed E-state index contributed by atoms with van der Waals surface area (Å²) >= 11 is -4.83. The van der Waals surface area contributed by atoms with Crippen molar-refractivity contribution in [2.45, 2.75) is 0 Å². The third kappa shape index (κ3) is 4.01. The quantitative estimate of drug-likeness (QED) is 0.158. The molecule has 0 unspecified atom stereocenters. The van der Waals surface area contributed by atoms with Crippen molar-refractivity contribution in [1.29, 1.82) is 0 Å². The summed E-state index contributed by atoms with van der Waals surface area (Å²) < 4.78 is 77.8. The topological polar surface area (TPSA) is 26.3 Å². The van der Waals surface area contributed by atoms with Crippen LogP contribution in [0.15, 0.2) is 91.0 Å². The molecule has 0 spiro atoms. The van der Waals surface area contributed by atoms with Crippen molar-refractivity contribution >= 4 is 35.5 Å². The Labute approximate surface area is 190 Å². The second-order valence-electron chi connectivity index (χ2n) is 7.11. The number of benzene rings is 4. The Morgan fingerprint density at radius 2 is 0.818 bits per heavy atom. The number of rotatable bonds is 5. The van der Waals surface area contributed by atoms with Crippen LogP contribution < -0.4 is 10.7 Å². The molecule has 0 heterocycles. The molecule has 4 rings (SSSR count). The molecule has 0 aliphatic carbocycles. The van der Waals surface area contributed by atoms with Gasteiger partial charge in [0.2, 0.25) is 0 Å². The van der Waals surface area contributed by atoms with E-state index in [4.69, 9.17) is 3.07 Å². The summed E-state index contributed by atoms with van der Waals surface area (Å²) in [6.07, 6.45) is 0. The Morgan fingerprint density at radius 1 is 0.515 bits per heavy atom. The van der Waals surface area contributed by atoms with E-state index in [9.17, 15) is 26.7 Å². The molecule has 2 nitrogen and oxygen atoms in total. The first-order chi connectivity index (χ1) is 15.9. The second-order valence-corrected chi connectivity index (χ2v) is 16.5.